The lowest BCUT2D eigenvalue weighted by molar-refractivity contribution is 0.0303. The third-order valence-electron chi connectivity index (χ3n) is 2.96. The van der Waals surface area contributed by atoms with Crippen LogP contribution in [-0.4, -0.2) is 28.8 Å². The van der Waals surface area contributed by atoms with Gasteiger partial charge in [0.1, 0.15) is 5.82 Å². The first kappa shape index (κ1) is 11.4. The molecule has 0 spiro atoms. The summed E-state index contributed by atoms with van der Waals surface area (Å²) in [7, 11) is 0. The highest BCUT2D eigenvalue weighted by Gasteiger charge is 2.39. The van der Waals surface area contributed by atoms with Gasteiger partial charge in [-0.05, 0) is 18.4 Å². The van der Waals surface area contributed by atoms with Gasteiger partial charge in [-0.3, -0.25) is 0 Å². The van der Waals surface area contributed by atoms with Gasteiger partial charge in [-0.1, -0.05) is 26.8 Å². The maximum atomic E-state index is 9.77. The molecule has 2 rings (SSSR count). The molecule has 0 aromatic carbocycles. The van der Waals surface area contributed by atoms with Crippen molar-refractivity contribution < 1.29 is 5.11 Å². The zero-order valence-corrected chi connectivity index (χ0v) is 10.5. The van der Waals surface area contributed by atoms with Crippen molar-refractivity contribution in [1.82, 2.24) is 4.98 Å². The summed E-state index contributed by atoms with van der Waals surface area (Å²) >= 11 is 0. The number of β-amino-alcohol motifs (C(OH)–C–C–N with tert-alkyl or cyclic N) is 1. The van der Waals surface area contributed by atoms with Crippen molar-refractivity contribution >= 4 is 5.82 Å². The Hall–Kier alpha value is -1.09. The van der Waals surface area contributed by atoms with Crippen molar-refractivity contribution in [2.45, 2.75) is 38.7 Å². The normalized spacial score (nSPS) is 19.4. The van der Waals surface area contributed by atoms with Crippen LogP contribution < -0.4 is 4.90 Å². The fraction of sp³-hybridized carbons (Fsp3) is 0.615. The highest BCUT2D eigenvalue weighted by atomic mass is 16.3. The second-order valence-electron chi connectivity index (χ2n) is 5.98. The molecular weight excluding hydrogens is 200 g/mol. The molecule has 1 aliphatic heterocycles. The zero-order chi connectivity index (χ0) is 12.0. The summed E-state index contributed by atoms with van der Waals surface area (Å²) in [6, 6.07) is 4.09. The first-order valence-electron chi connectivity index (χ1n) is 5.72. The van der Waals surface area contributed by atoms with Crippen LogP contribution in [0.25, 0.3) is 0 Å². The van der Waals surface area contributed by atoms with E-state index in [1.54, 1.807) is 0 Å². The van der Waals surface area contributed by atoms with Gasteiger partial charge in [0.15, 0.2) is 0 Å². The van der Waals surface area contributed by atoms with Crippen molar-refractivity contribution in [2.24, 2.45) is 0 Å². The molecule has 2 heterocycles. The van der Waals surface area contributed by atoms with Crippen LogP contribution in [0.2, 0.25) is 0 Å². The van der Waals surface area contributed by atoms with Gasteiger partial charge >= 0.3 is 0 Å². The van der Waals surface area contributed by atoms with Gasteiger partial charge in [0.2, 0.25) is 0 Å². The third-order valence-corrected chi connectivity index (χ3v) is 2.96. The van der Waals surface area contributed by atoms with E-state index < -0.39 is 5.60 Å². The Kier molecular flexibility index (Phi) is 2.46. The maximum Gasteiger partial charge on any atom is 0.132 e. The summed E-state index contributed by atoms with van der Waals surface area (Å²) in [5.41, 5.74) is 0.781. The van der Waals surface area contributed by atoms with Gasteiger partial charge in [0, 0.05) is 24.8 Å². The quantitative estimate of drug-likeness (QED) is 0.786. The van der Waals surface area contributed by atoms with E-state index in [4.69, 9.17) is 0 Å². The van der Waals surface area contributed by atoms with Crippen LogP contribution >= 0.6 is 0 Å². The molecule has 1 saturated heterocycles. The van der Waals surface area contributed by atoms with Crippen molar-refractivity contribution in [3.63, 3.8) is 0 Å². The Morgan fingerprint density at radius 2 is 2.00 bits per heavy atom. The SMILES string of the molecule is CC1(O)CN(c2ncccc2C(C)(C)C)C1. The number of pyridine rings is 1. The highest BCUT2D eigenvalue weighted by Crippen LogP contribution is 2.34. The Morgan fingerprint density at radius 3 is 2.50 bits per heavy atom. The first-order chi connectivity index (χ1) is 7.30. The largest absolute Gasteiger partial charge is 0.386 e. The van der Waals surface area contributed by atoms with Crippen molar-refractivity contribution in [2.75, 3.05) is 18.0 Å². The minimum Gasteiger partial charge on any atom is -0.386 e. The van der Waals surface area contributed by atoms with Gasteiger partial charge in [-0.15, -0.1) is 0 Å². The van der Waals surface area contributed by atoms with Crippen LogP contribution in [0.5, 0.6) is 0 Å². The molecule has 0 amide bonds. The fourth-order valence-corrected chi connectivity index (χ4v) is 2.16. The van der Waals surface area contributed by atoms with Crippen molar-refractivity contribution in [1.29, 1.82) is 0 Å². The van der Waals surface area contributed by atoms with E-state index in [1.165, 1.54) is 5.56 Å². The lowest BCUT2D eigenvalue weighted by atomic mass is 9.85. The fourth-order valence-electron chi connectivity index (χ4n) is 2.16. The molecule has 16 heavy (non-hydrogen) atoms. The Bertz CT molecular complexity index is 385. The topological polar surface area (TPSA) is 36.4 Å². The third kappa shape index (κ3) is 2.05. The van der Waals surface area contributed by atoms with E-state index in [9.17, 15) is 5.11 Å². The summed E-state index contributed by atoms with van der Waals surface area (Å²) in [5.74, 6) is 1.02. The van der Waals surface area contributed by atoms with Crippen molar-refractivity contribution in [3.8, 4) is 0 Å². The van der Waals surface area contributed by atoms with Gasteiger partial charge in [0.25, 0.3) is 0 Å². The van der Waals surface area contributed by atoms with E-state index in [0.29, 0.717) is 13.1 Å². The number of aliphatic hydroxyl groups is 1. The number of anilines is 1. The minimum atomic E-state index is -0.549. The lowest BCUT2D eigenvalue weighted by Crippen LogP contribution is -2.60. The highest BCUT2D eigenvalue weighted by molar-refractivity contribution is 5.53. The van der Waals surface area contributed by atoms with E-state index >= 15 is 0 Å². The zero-order valence-electron chi connectivity index (χ0n) is 10.5. The van der Waals surface area contributed by atoms with E-state index in [2.05, 4.69) is 36.7 Å². The molecule has 0 bridgehead atoms. The molecule has 0 atom stereocenters. The minimum absolute atomic E-state index is 0.0883. The smallest absolute Gasteiger partial charge is 0.132 e. The average molecular weight is 220 g/mol. The molecule has 1 aromatic heterocycles. The number of hydrogen-bond donors (Lipinski definition) is 1. The van der Waals surface area contributed by atoms with Crippen LogP contribution in [0.4, 0.5) is 5.82 Å². The van der Waals surface area contributed by atoms with Gasteiger partial charge in [-0.25, -0.2) is 4.98 Å². The number of hydrogen-bond acceptors (Lipinski definition) is 3. The van der Waals surface area contributed by atoms with Crippen LogP contribution in [0.3, 0.4) is 0 Å². The summed E-state index contributed by atoms with van der Waals surface area (Å²) in [6.07, 6.45) is 1.82. The monoisotopic (exact) mass is 220 g/mol. The van der Waals surface area contributed by atoms with E-state index in [1.807, 2.05) is 19.2 Å². The molecule has 1 aromatic rings. The number of nitrogens with zero attached hydrogens (tertiary/aromatic N) is 2. The lowest BCUT2D eigenvalue weighted by Gasteiger charge is -2.46. The summed E-state index contributed by atoms with van der Waals surface area (Å²) in [6.45, 7) is 9.77. The van der Waals surface area contributed by atoms with E-state index in [-0.39, 0.29) is 5.41 Å². The molecule has 1 N–H and O–H groups in total. The average Bonchev–Trinajstić information content (AvgIpc) is 2.12. The molecule has 0 aliphatic carbocycles. The number of aromatic nitrogens is 1. The van der Waals surface area contributed by atoms with E-state index in [0.717, 1.165) is 5.82 Å². The molecule has 0 radical (unpaired) electrons. The Labute approximate surface area is 97.1 Å². The second kappa shape index (κ2) is 3.45. The summed E-state index contributed by atoms with van der Waals surface area (Å²) < 4.78 is 0. The molecule has 0 saturated carbocycles. The predicted octanol–water partition coefficient (Wildman–Crippen LogP) is 1.95. The van der Waals surface area contributed by atoms with Gasteiger partial charge in [0.05, 0.1) is 5.60 Å². The molecule has 3 heteroatoms. The summed E-state index contributed by atoms with van der Waals surface area (Å²) in [4.78, 5) is 6.59. The molecular formula is C13H20N2O. The predicted molar refractivity (Wildman–Crippen MR) is 65.8 cm³/mol. The molecule has 1 aliphatic rings. The van der Waals surface area contributed by atoms with Crippen LogP contribution in [0, 0.1) is 0 Å². The molecule has 3 nitrogen and oxygen atoms in total. The van der Waals surface area contributed by atoms with Gasteiger partial charge < -0.3 is 10.0 Å². The standard InChI is InChI=1S/C13H20N2O/c1-12(2,3)10-6-5-7-14-11(10)15-8-13(4,16)9-15/h5-7,16H,8-9H2,1-4H3. The van der Waals surface area contributed by atoms with Gasteiger partial charge in [-0.2, -0.15) is 0 Å². The summed E-state index contributed by atoms with van der Waals surface area (Å²) in [5, 5.41) is 9.77. The van der Waals surface area contributed by atoms with Crippen LogP contribution in [-0.2, 0) is 5.41 Å². The molecule has 1 fully saturated rings. The first-order valence-corrected chi connectivity index (χ1v) is 5.72. The van der Waals surface area contributed by atoms with Crippen LogP contribution in [0.15, 0.2) is 18.3 Å². The van der Waals surface area contributed by atoms with Crippen LogP contribution in [0.1, 0.15) is 33.3 Å². The Morgan fingerprint density at radius 1 is 1.38 bits per heavy atom. The molecule has 88 valence electrons. The number of rotatable bonds is 1. The molecule has 0 unspecified atom stereocenters. The van der Waals surface area contributed by atoms with Crippen molar-refractivity contribution in [3.05, 3.63) is 23.9 Å². The second-order valence-corrected chi connectivity index (χ2v) is 5.98. The maximum absolute atomic E-state index is 9.77. The Balaban J connectivity index is 2.29.